The number of hydrogen-bond donors (Lipinski definition) is 0. The fourth-order valence-corrected chi connectivity index (χ4v) is 2.02. The first-order valence-corrected chi connectivity index (χ1v) is 6.73. The smallest absolute Gasteiger partial charge is 0.345 e. The molecular formula is C15H11ClFNO5. The highest BCUT2D eigenvalue weighted by atomic mass is 35.5. The number of nitro groups is 1. The molecule has 6 nitrogen and oxygen atoms in total. The van der Waals surface area contributed by atoms with Crippen LogP contribution in [0.15, 0.2) is 36.4 Å². The lowest BCUT2D eigenvalue weighted by molar-refractivity contribution is -0.385. The summed E-state index contributed by atoms with van der Waals surface area (Å²) in [6, 6.07) is 7.68. The van der Waals surface area contributed by atoms with E-state index in [4.69, 9.17) is 21.1 Å². The predicted octanol–water partition coefficient (Wildman–Crippen LogP) is 3.75. The zero-order valence-corrected chi connectivity index (χ0v) is 12.7. The van der Waals surface area contributed by atoms with Crippen molar-refractivity contribution in [1.82, 2.24) is 0 Å². The molecule has 0 spiro atoms. The second kappa shape index (κ2) is 7.06. The van der Waals surface area contributed by atoms with Gasteiger partial charge in [0, 0.05) is 11.1 Å². The van der Waals surface area contributed by atoms with Crippen molar-refractivity contribution >= 4 is 23.3 Å². The lowest BCUT2D eigenvalue weighted by Gasteiger charge is -2.07. The number of halogens is 2. The molecule has 2 aromatic rings. The van der Waals surface area contributed by atoms with Gasteiger partial charge in [0.15, 0.2) is 11.6 Å². The van der Waals surface area contributed by atoms with E-state index in [2.05, 4.69) is 0 Å². The Morgan fingerprint density at radius 3 is 2.65 bits per heavy atom. The van der Waals surface area contributed by atoms with Crippen LogP contribution < -0.4 is 4.74 Å². The van der Waals surface area contributed by atoms with Crippen molar-refractivity contribution in [3.63, 3.8) is 0 Å². The third-order valence-corrected chi connectivity index (χ3v) is 3.20. The van der Waals surface area contributed by atoms with Gasteiger partial charge in [-0.2, -0.15) is 0 Å². The van der Waals surface area contributed by atoms with E-state index in [1.165, 1.54) is 31.4 Å². The number of ether oxygens (including phenoxy) is 2. The van der Waals surface area contributed by atoms with Gasteiger partial charge in [0.25, 0.3) is 5.69 Å². The van der Waals surface area contributed by atoms with E-state index in [0.717, 1.165) is 12.1 Å². The Kier molecular flexibility index (Phi) is 5.13. The molecule has 0 aliphatic heterocycles. The Balaban J connectivity index is 2.14. The van der Waals surface area contributed by atoms with E-state index in [-0.39, 0.29) is 22.9 Å². The van der Waals surface area contributed by atoms with Gasteiger partial charge in [-0.15, -0.1) is 0 Å². The molecule has 0 N–H and O–H groups in total. The van der Waals surface area contributed by atoms with Crippen LogP contribution in [-0.2, 0) is 11.3 Å². The molecule has 2 aromatic carbocycles. The van der Waals surface area contributed by atoms with Crippen LogP contribution in [0, 0.1) is 15.9 Å². The fraction of sp³-hybridized carbons (Fsp3) is 0.133. The maximum atomic E-state index is 13.5. The molecular weight excluding hydrogens is 329 g/mol. The molecule has 8 heteroatoms. The van der Waals surface area contributed by atoms with Crippen LogP contribution in [0.1, 0.15) is 15.9 Å². The first-order valence-electron chi connectivity index (χ1n) is 6.36. The van der Waals surface area contributed by atoms with E-state index in [1.54, 1.807) is 0 Å². The van der Waals surface area contributed by atoms with Crippen molar-refractivity contribution in [3.05, 3.63) is 68.5 Å². The number of methoxy groups -OCH3 is 1. The zero-order chi connectivity index (χ0) is 17.0. The Bertz CT molecular complexity index is 766. The molecule has 0 atom stereocenters. The van der Waals surface area contributed by atoms with Crippen LogP contribution in [0.5, 0.6) is 5.75 Å². The van der Waals surface area contributed by atoms with Crippen molar-refractivity contribution < 1.29 is 23.6 Å². The molecule has 0 saturated heterocycles. The SMILES string of the molecule is COc1ccc(COC(=O)c2ccc(Cl)cc2[N+](=O)[O-])cc1F. The third-order valence-electron chi connectivity index (χ3n) is 2.96. The number of nitro benzene ring substituents is 1. The largest absolute Gasteiger partial charge is 0.494 e. The second-order valence-electron chi connectivity index (χ2n) is 4.46. The van der Waals surface area contributed by atoms with Gasteiger partial charge in [0.2, 0.25) is 0 Å². The number of hydrogen-bond acceptors (Lipinski definition) is 5. The number of benzene rings is 2. The number of esters is 1. The van der Waals surface area contributed by atoms with Gasteiger partial charge >= 0.3 is 5.97 Å². The summed E-state index contributed by atoms with van der Waals surface area (Å²) in [5.41, 5.74) is -0.301. The summed E-state index contributed by atoms with van der Waals surface area (Å²) in [5, 5.41) is 11.1. The van der Waals surface area contributed by atoms with E-state index in [1.807, 2.05) is 0 Å². The summed E-state index contributed by atoms with van der Waals surface area (Å²) in [6.07, 6.45) is 0. The van der Waals surface area contributed by atoms with Gasteiger partial charge in [-0.25, -0.2) is 9.18 Å². The van der Waals surface area contributed by atoms with E-state index < -0.39 is 22.4 Å². The van der Waals surface area contributed by atoms with Crippen LogP contribution in [0.3, 0.4) is 0 Å². The first-order chi connectivity index (χ1) is 10.9. The normalized spacial score (nSPS) is 10.2. The summed E-state index contributed by atoms with van der Waals surface area (Å²) in [4.78, 5) is 22.2. The van der Waals surface area contributed by atoms with Crippen molar-refractivity contribution in [3.8, 4) is 5.75 Å². The second-order valence-corrected chi connectivity index (χ2v) is 4.90. The molecule has 0 bridgehead atoms. The van der Waals surface area contributed by atoms with Gasteiger partial charge in [-0.05, 0) is 29.8 Å². The van der Waals surface area contributed by atoms with Crippen LogP contribution in [0.4, 0.5) is 10.1 Å². The van der Waals surface area contributed by atoms with E-state index in [0.29, 0.717) is 5.56 Å². The molecule has 0 unspecified atom stereocenters. The van der Waals surface area contributed by atoms with Gasteiger partial charge in [-0.1, -0.05) is 17.7 Å². The van der Waals surface area contributed by atoms with Crippen LogP contribution in [0.25, 0.3) is 0 Å². The highest BCUT2D eigenvalue weighted by molar-refractivity contribution is 6.31. The average molecular weight is 340 g/mol. The molecule has 120 valence electrons. The number of carbonyl (C=O) groups is 1. The quantitative estimate of drug-likeness (QED) is 0.471. The molecule has 0 aliphatic carbocycles. The topological polar surface area (TPSA) is 78.7 Å². The van der Waals surface area contributed by atoms with Gasteiger partial charge < -0.3 is 9.47 Å². The lowest BCUT2D eigenvalue weighted by atomic mass is 10.2. The molecule has 0 radical (unpaired) electrons. The molecule has 0 amide bonds. The molecule has 0 fully saturated rings. The summed E-state index contributed by atoms with van der Waals surface area (Å²) >= 11 is 5.67. The minimum absolute atomic E-state index is 0.0633. The monoisotopic (exact) mass is 339 g/mol. The summed E-state index contributed by atoms with van der Waals surface area (Å²) < 4.78 is 23.3. The van der Waals surface area contributed by atoms with Crippen molar-refractivity contribution in [2.24, 2.45) is 0 Å². The van der Waals surface area contributed by atoms with Gasteiger partial charge in [0.1, 0.15) is 12.2 Å². The van der Waals surface area contributed by atoms with Crippen molar-refractivity contribution in [2.45, 2.75) is 6.61 Å². The Labute approximate surface area is 135 Å². The molecule has 0 saturated carbocycles. The Morgan fingerprint density at radius 2 is 2.04 bits per heavy atom. The summed E-state index contributed by atoms with van der Waals surface area (Å²) in [7, 11) is 1.33. The van der Waals surface area contributed by atoms with Gasteiger partial charge in [-0.3, -0.25) is 10.1 Å². The van der Waals surface area contributed by atoms with Crippen molar-refractivity contribution in [2.75, 3.05) is 7.11 Å². The average Bonchev–Trinajstić information content (AvgIpc) is 2.52. The molecule has 0 aliphatic rings. The third kappa shape index (κ3) is 3.95. The highest BCUT2D eigenvalue weighted by Gasteiger charge is 2.22. The maximum absolute atomic E-state index is 13.5. The van der Waals surface area contributed by atoms with Crippen LogP contribution >= 0.6 is 11.6 Å². The van der Waals surface area contributed by atoms with Crippen molar-refractivity contribution in [1.29, 1.82) is 0 Å². The van der Waals surface area contributed by atoms with Crippen LogP contribution in [0.2, 0.25) is 5.02 Å². The first kappa shape index (κ1) is 16.7. The molecule has 0 aromatic heterocycles. The van der Waals surface area contributed by atoms with Crippen LogP contribution in [-0.4, -0.2) is 18.0 Å². The molecule has 23 heavy (non-hydrogen) atoms. The minimum Gasteiger partial charge on any atom is -0.494 e. The Morgan fingerprint density at radius 1 is 1.30 bits per heavy atom. The standard InChI is InChI=1S/C15H11ClFNO5/c1-22-14-5-2-9(6-12(14)17)8-23-15(19)11-4-3-10(16)7-13(11)18(20)21/h2-7H,8H2,1H3. The fourth-order valence-electron chi connectivity index (χ4n) is 1.85. The predicted molar refractivity (Wildman–Crippen MR) is 80.2 cm³/mol. The maximum Gasteiger partial charge on any atom is 0.345 e. The number of carbonyl (C=O) groups excluding carboxylic acids is 1. The Hall–Kier alpha value is -2.67. The molecule has 0 heterocycles. The number of nitrogens with zero attached hydrogens (tertiary/aromatic N) is 1. The highest BCUT2D eigenvalue weighted by Crippen LogP contribution is 2.24. The zero-order valence-electron chi connectivity index (χ0n) is 11.9. The summed E-state index contributed by atoms with van der Waals surface area (Å²) in [6.45, 7) is -0.237. The molecule has 2 rings (SSSR count). The minimum atomic E-state index is -0.899. The lowest BCUT2D eigenvalue weighted by Crippen LogP contribution is -2.08. The van der Waals surface area contributed by atoms with E-state index >= 15 is 0 Å². The van der Waals surface area contributed by atoms with E-state index in [9.17, 15) is 19.3 Å². The number of rotatable bonds is 5. The summed E-state index contributed by atoms with van der Waals surface area (Å²) in [5.74, 6) is -1.43. The van der Waals surface area contributed by atoms with Gasteiger partial charge in [0.05, 0.1) is 12.0 Å².